The van der Waals surface area contributed by atoms with Crippen LogP contribution in [0, 0.1) is 0 Å². The zero-order valence-corrected chi connectivity index (χ0v) is 12.8. The molecule has 2 heterocycles. The summed E-state index contributed by atoms with van der Waals surface area (Å²) in [7, 11) is 0. The summed E-state index contributed by atoms with van der Waals surface area (Å²) in [5, 5.41) is 12.6. The van der Waals surface area contributed by atoms with E-state index in [-0.39, 0.29) is 23.5 Å². The van der Waals surface area contributed by atoms with E-state index >= 15 is 0 Å². The topological polar surface area (TPSA) is 118 Å². The molecule has 2 N–H and O–H groups in total. The van der Waals surface area contributed by atoms with Gasteiger partial charge in [0.1, 0.15) is 5.56 Å². The van der Waals surface area contributed by atoms with Crippen LogP contribution in [0.25, 0.3) is 5.65 Å². The van der Waals surface area contributed by atoms with Gasteiger partial charge >= 0.3 is 11.5 Å². The number of rotatable bonds is 3. The summed E-state index contributed by atoms with van der Waals surface area (Å²) in [6, 6.07) is 0. The van der Waals surface area contributed by atoms with Gasteiger partial charge in [-0.25, -0.2) is 4.79 Å². The van der Waals surface area contributed by atoms with E-state index in [2.05, 4.69) is 20.6 Å². The van der Waals surface area contributed by atoms with Crippen molar-refractivity contribution in [3.8, 4) is 0 Å². The highest BCUT2D eigenvalue weighted by Crippen LogP contribution is 2.07. The van der Waals surface area contributed by atoms with Crippen molar-refractivity contribution in [1.29, 1.82) is 0 Å². The maximum absolute atomic E-state index is 12.3. The van der Waals surface area contributed by atoms with Crippen molar-refractivity contribution in [3.63, 3.8) is 0 Å². The van der Waals surface area contributed by atoms with Crippen LogP contribution in [-0.2, 0) is 4.74 Å². The Kier molecular flexibility index (Phi) is 3.98. The molecule has 2 rings (SSSR count). The van der Waals surface area contributed by atoms with E-state index in [9.17, 15) is 14.4 Å². The zero-order chi connectivity index (χ0) is 16.5. The monoisotopic (exact) mass is 307 g/mol. The molecule has 0 saturated carbocycles. The van der Waals surface area contributed by atoms with Gasteiger partial charge in [-0.05, 0) is 27.7 Å². The maximum atomic E-state index is 12.3. The molecule has 1 amide bonds. The zero-order valence-electron chi connectivity index (χ0n) is 12.8. The third-order valence-electron chi connectivity index (χ3n) is 2.64. The van der Waals surface area contributed by atoms with Crippen molar-refractivity contribution in [3.05, 3.63) is 27.8 Å². The molecule has 9 heteroatoms. The van der Waals surface area contributed by atoms with E-state index in [0.717, 1.165) is 4.52 Å². The number of nitrogens with zero attached hydrogens (tertiary/aromatic N) is 3. The quantitative estimate of drug-likeness (QED) is 0.778. The van der Waals surface area contributed by atoms with Crippen LogP contribution < -0.4 is 10.9 Å². The number of fused-ring (bicyclic) bond motifs is 1. The van der Waals surface area contributed by atoms with E-state index in [1.165, 1.54) is 6.20 Å². The summed E-state index contributed by atoms with van der Waals surface area (Å²) in [6.07, 6.45) is 1.29. The van der Waals surface area contributed by atoms with E-state index < -0.39 is 23.0 Å². The van der Waals surface area contributed by atoms with Crippen LogP contribution in [0.15, 0.2) is 11.0 Å². The summed E-state index contributed by atoms with van der Waals surface area (Å²) in [4.78, 5) is 36.0. The Morgan fingerprint density at radius 3 is 2.64 bits per heavy atom. The predicted molar refractivity (Wildman–Crippen MR) is 76.8 cm³/mol. The lowest BCUT2D eigenvalue weighted by atomic mass is 10.1. The third-order valence-corrected chi connectivity index (χ3v) is 2.64. The lowest BCUT2D eigenvalue weighted by Crippen LogP contribution is -2.43. The molecule has 0 atom stereocenters. The molecule has 0 unspecified atom stereocenters. The Bertz CT molecular complexity index is 784. The van der Waals surface area contributed by atoms with Crippen LogP contribution in [0.1, 0.15) is 48.5 Å². The van der Waals surface area contributed by atoms with Gasteiger partial charge in [0.15, 0.2) is 5.65 Å². The summed E-state index contributed by atoms with van der Waals surface area (Å²) < 4.78 is 5.84. The highest BCUT2D eigenvalue weighted by Gasteiger charge is 2.23. The lowest BCUT2D eigenvalue weighted by molar-refractivity contribution is 0.0528. The van der Waals surface area contributed by atoms with Gasteiger partial charge in [0.05, 0.1) is 6.61 Å². The number of hydrogen-bond acceptors (Lipinski definition) is 6. The van der Waals surface area contributed by atoms with E-state index in [1.807, 2.05) is 0 Å². The minimum absolute atomic E-state index is 0.00996. The van der Waals surface area contributed by atoms with Crippen molar-refractivity contribution in [1.82, 2.24) is 25.1 Å². The highest BCUT2D eigenvalue weighted by molar-refractivity contribution is 5.96. The second-order valence-electron chi connectivity index (χ2n) is 5.62. The normalized spacial score (nSPS) is 11.5. The molecule has 22 heavy (non-hydrogen) atoms. The number of H-pyrrole nitrogens is 1. The number of nitrogens with one attached hydrogen (secondary N) is 2. The summed E-state index contributed by atoms with van der Waals surface area (Å²) in [6.45, 7) is 7.20. The first-order chi connectivity index (χ1) is 10.2. The number of hydrogen-bond donors (Lipinski definition) is 2. The van der Waals surface area contributed by atoms with Crippen LogP contribution >= 0.6 is 0 Å². The fourth-order valence-corrected chi connectivity index (χ4v) is 1.78. The molecule has 118 valence electrons. The number of aromatic amines is 1. The van der Waals surface area contributed by atoms with Gasteiger partial charge in [-0.15, -0.1) is 10.2 Å². The highest BCUT2D eigenvalue weighted by atomic mass is 16.5. The number of ether oxygens (including phenoxy) is 1. The van der Waals surface area contributed by atoms with Crippen molar-refractivity contribution in [2.24, 2.45) is 0 Å². The Hall–Kier alpha value is -2.71. The van der Waals surface area contributed by atoms with Gasteiger partial charge in [-0.1, -0.05) is 0 Å². The van der Waals surface area contributed by atoms with Gasteiger partial charge in [0.2, 0.25) is 5.69 Å². The molecule has 0 aromatic carbocycles. The van der Waals surface area contributed by atoms with E-state index in [0.29, 0.717) is 0 Å². The number of aromatic nitrogens is 4. The standard InChI is InChI=1S/C13H17N5O4/c1-5-22-12(21)7-6-14-18-9(7)17-16-8(11(18)20)10(19)15-13(2,3)4/h6,14H,5H2,1-4H3,(H,15,19). The molecule has 0 bridgehead atoms. The first kappa shape index (κ1) is 15.7. The second kappa shape index (κ2) is 5.58. The Labute approximate surface area is 125 Å². The number of esters is 1. The molecule has 2 aromatic rings. The number of amides is 1. The molecular weight excluding hydrogens is 290 g/mol. The first-order valence-electron chi connectivity index (χ1n) is 6.71. The van der Waals surface area contributed by atoms with Gasteiger partial charge in [-0.2, -0.15) is 4.52 Å². The van der Waals surface area contributed by atoms with Crippen LogP contribution in [0.5, 0.6) is 0 Å². The van der Waals surface area contributed by atoms with Crippen LogP contribution in [0.2, 0.25) is 0 Å². The van der Waals surface area contributed by atoms with Crippen LogP contribution in [-0.4, -0.2) is 43.8 Å². The molecule has 0 spiro atoms. The average Bonchev–Trinajstić information content (AvgIpc) is 2.82. The van der Waals surface area contributed by atoms with Crippen molar-refractivity contribution in [2.75, 3.05) is 6.61 Å². The smallest absolute Gasteiger partial charge is 0.343 e. The average molecular weight is 307 g/mol. The minimum Gasteiger partial charge on any atom is -0.462 e. The molecule has 0 saturated heterocycles. The van der Waals surface area contributed by atoms with Crippen LogP contribution in [0.4, 0.5) is 0 Å². The summed E-state index contributed by atoms with van der Waals surface area (Å²) >= 11 is 0. The molecule has 2 aromatic heterocycles. The molecule has 0 aliphatic rings. The van der Waals surface area contributed by atoms with E-state index in [1.54, 1.807) is 27.7 Å². The Morgan fingerprint density at radius 2 is 2.05 bits per heavy atom. The number of carbonyl (C=O) groups excluding carboxylic acids is 2. The second-order valence-corrected chi connectivity index (χ2v) is 5.62. The van der Waals surface area contributed by atoms with Crippen LogP contribution in [0.3, 0.4) is 0 Å². The van der Waals surface area contributed by atoms with E-state index in [4.69, 9.17) is 4.74 Å². The molecule has 0 fully saturated rings. The van der Waals surface area contributed by atoms with Gasteiger partial charge in [-0.3, -0.25) is 14.7 Å². The SMILES string of the molecule is CCOC(=O)c1c[nH]n2c(=O)c(C(=O)NC(C)(C)C)nnc12. The largest absolute Gasteiger partial charge is 0.462 e. The fraction of sp³-hybridized carbons (Fsp3) is 0.462. The fourth-order valence-electron chi connectivity index (χ4n) is 1.78. The molecule has 0 aliphatic carbocycles. The first-order valence-corrected chi connectivity index (χ1v) is 6.71. The van der Waals surface area contributed by atoms with Crippen molar-refractivity contribution < 1.29 is 14.3 Å². The Balaban J connectivity index is 2.46. The maximum Gasteiger partial charge on any atom is 0.343 e. The summed E-state index contributed by atoms with van der Waals surface area (Å²) in [5.41, 5.74) is -1.48. The van der Waals surface area contributed by atoms with Gasteiger partial charge in [0.25, 0.3) is 5.91 Å². The van der Waals surface area contributed by atoms with Crippen molar-refractivity contribution >= 4 is 17.5 Å². The lowest BCUT2D eigenvalue weighted by Gasteiger charge is -2.19. The molecule has 9 nitrogen and oxygen atoms in total. The molecule has 0 aliphatic heterocycles. The van der Waals surface area contributed by atoms with Crippen molar-refractivity contribution in [2.45, 2.75) is 33.2 Å². The molecular formula is C13H17N5O4. The van der Waals surface area contributed by atoms with Gasteiger partial charge < -0.3 is 10.1 Å². The number of carbonyl (C=O) groups is 2. The predicted octanol–water partition coefficient (Wildman–Crippen LogP) is 0.123. The Morgan fingerprint density at radius 1 is 1.36 bits per heavy atom. The van der Waals surface area contributed by atoms with Gasteiger partial charge in [0, 0.05) is 11.7 Å². The third kappa shape index (κ3) is 2.97. The minimum atomic E-state index is -0.692. The molecule has 0 radical (unpaired) electrons. The summed E-state index contributed by atoms with van der Waals surface area (Å²) in [5.74, 6) is -1.26.